The van der Waals surface area contributed by atoms with Crippen LogP contribution in [0.2, 0.25) is 0 Å². The third-order valence-corrected chi connectivity index (χ3v) is 4.31. The Morgan fingerprint density at radius 1 is 1.10 bits per heavy atom. The van der Waals surface area contributed by atoms with E-state index >= 15 is 0 Å². The summed E-state index contributed by atoms with van der Waals surface area (Å²) in [5, 5.41) is 3.58. The lowest BCUT2D eigenvalue weighted by Crippen LogP contribution is -2.30. The zero-order valence-electron chi connectivity index (χ0n) is 13.5. The third kappa shape index (κ3) is 6.67. The van der Waals surface area contributed by atoms with Gasteiger partial charge in [0.15, 0.2) is 0 Å². The molecule has 0 radical (unpaired) electrons. The molecule has 3 unspecified atom stereocenters. The fraction of sp³-hybridized carbons (Fsp3) is 0.647. The van der Waals surface area contributed by atoms with Crippen molar-refractivity contribution < 1.29 is 4.21 Å². The van der Waals surface area contributed by atoms with Crippen molar-refractivity contribution in [1.82, 2.24) is 5.32 Å². The highest BCUT2D eigenvalue weighted by Crippen LogP contribution is 2.16. The molecular weight excluding hydrogens is 266 g/mol. The molecule has 0 aromatic heterocycles. The van der Waals surface area contributed by atoms with Crippen LogP contribution in [0.25, 0.3) is 0 Å². The van der Waals surface area contributed by atoms with Gasteiger partial charge in [0.1, 0.15) is 0 Å². The van der Waals surface area contributed by atoms with E-state index in [4.69, 9.17) is 0 Å². The van der Waals surface area contributed by atoms with E-state index in [2.05, 4.69) is 57.3 Å². The smallest absolute Gasteiger partial charge is 0.0294 e. The first-order valence-electron chi connectivity index (χ1n) is 7.53. The van der Waals surface area contributed by atoms with Crippen molar-refractivity contribution in [3.8, 4) is 0 Å². The van der Waals surface area contributed by atoms with Gasteiger partial charge in [0.2, 0.25) is 0 Å². The van der Waals surface area contributed by atoms with Crippen molar-refractivity contribution >= 4 is 10.8 Å². The summed E-state index contributed by atoms with van der Waals surface area (Å²) in [4.78, 5) is 0. The highest BCUT2D eigenvalue weighted by molar-refractivity contribution is 7.84. The van der Waals surface area contributed by atoms with E-state index in [0.29, 0.717) is 18.0 Å². The summed E-state index contributed by atoms with van der Waals surface area (Å²) in [7, 11) is -0.694. The molecule has 0 amide bonds. The van der Waals surface area contributed by atoms with E-state index in [1.165, 1.54) is 11.1 Å². The number of hydrogen-bond donors (Lipinski definition) is 1. The quantitative estimate of drug-likeness (QED) is 0.792. The summed E-state index contributed by atoms with van der Waals surface area (Å²) < 4.78 is 11.1. The van der Waals surface area contributed by atoms with Crippen molar-refractivity contribution in [3.05, 3.63) is 35.4 Å². The van der Waals surface area contributed by atoms with Gasteiger partial charge >= 0.3 is 0 Å². The molecule has 0 aliphatic heterocycles. The molecule has 0 aliphatic carbocycles. The summed E-state index contributed by atoms with van der Waals surface area (Å²) >= 11 is 0. The summed E-state index contributed by atoms with van der Waals surface area (Å²) in [5.74, 6) is 1.47. The highest BCUT2D eigenvalue weighted by atomic mass is 32.2. The maximum absolute atomic E-state index is 11.1. The fourth-order valence-corrected chi connectivity index (χ4v) is 3.05. The van der Waals surface area contributed by atoms with E-state index in [9.17, 15) is 4.21 Å². The fourth-order valence-electron chi connectivity index (χ4n) is 2.36. The van der Waals surface area contributed by atoms with E-state index in [1.54, 1.807) is 6.26 Å². The predicted octanol–water partition coefficient (Wildman–Crippen LogP) is 3.69. The SMILES string of the molecule is CC(C)Cc1ccc(C(C)NC(C)CCS(C)=O)cc1. The highest BCUT2D eigenvalue weighted by Gasteiger charge is 2.10. The molecule has 0 fully saturated rings. The lowest BCUT2D eigenvalue weighted by atomic mass is 9.99. The Kier molecular flexibility index (Phi) is 7.46. The summed E-state index contributed by atoms with van der Waals surface area (Å²) in [6, 6.07) is 9.64. The number of hydrogen-bond acceptors (Lipinski definition) is 2. The minimum Gasteiger partial charge on any atom is -0.308 e. The van der Waals surface area contributed by atoms with Crippen LogP contribution in [-0.4, -0.2) is 22.3 Å². The second-order valence-electron chi connectivity index (χ2n) is 6.19. The van der Waals surface area contributed by atoms with Crippen LogP contribution in [0.5, 0.6) is 0 Å². The Morgan fingerprint density at radius 2 is 1.70 bits per heavy atom. The monoisotopic (exact) mass is 295 g/mol. The molecule has 0 spiro atoms. The Hall–Kier alpha value is -0.670. The molecule has 2 nitrogen and oxygen atoms in total. The van der Waals surface area contributed by atoms with Crippen LogP contribution in [-0.2, 0) is 17.2 Å². The van der Waals surface area contributed by atoms with Crippen molar-refractivity contribution in [2.75, 3.05) is 12.0 Å². The number of rotatable bonds is 8. The van der Waals surface area contributed by atoms with Gasteiger partial charge in [0.05, 0.1) is 0 Å². The Bertz CT molecular complexity index is 414. The van der Waals surface area contributed by atoms with Crippen LogP contribution in [0.4, 0.5) is 0 Å². The van der Waals surface area contributed by atoms with Gasteiger partial charge in [0, 0.05) is 34.9 Å². The standard InChI is InChI=1S/C17H29NOS/c1-13(2)12-16-6-8-17(9-7-16)15(4)18-14(3)10-11-20(5)19/h6-9,13-15,18H,10-12H2,1-5H3. The van der Waals surface area contributed by atoms with Crippen molar-refractivity contribution in [2.45, 2.75) is 52.6 Å². The van der Waals surface area contributed by atoms with Crippen molar-refractivity contribution in [2.24, 2.45) is 5.92 Å². The average molecular weight is 295 g/mol. The molecule has 3 heteroatoms. The summed E-state index contributed by atoms with van der Waals surface area (Å²) in [5.41, 5.74) is 2.73. The lowest BCUT2D eigenvalue weighted by molar-refractivity contribution is 0.470. The molecule has 0 heterocycles. The van der Waals surface area contributed by atoms with E-state index in [-0.39, 0.29) is 0 Å². The molecule has 0 saturated carbocycles. The second-order valence-corrected chi connectivity index (χ2v) is 7.75. The molecule has 3 atom stereocenters. The van der Waals surface area contributed by atoms with E-state index in [1.807, 2.05) is 0 Å². The average Bonchev–Trinajstić information content (AvgIpc) is 2.36. The van der Waals surface area contributed by atoms with Crippen molar-refractivity contribution in [1.29, 1.82) is 0 Å². The Balaban J connectivity index is 2.50. The van der Waals surface area contributed by atoms with Crippen LogP contribution >= 0.6 is 0 Å². The minimum absolute atomic E-state index is 0.336. The van der Waals surface area contributed by atoms with Crippen LogP contribution in [0, 0.1) is 5.92 Å². The second kappa shape index (κ2) is 8.58. The Labute approximate surface area is 126 Å². The molecule has 20 heavy (non-hydrogen) atoms. The van der Waals surface area contributed by atoms with Crippen LogP contribution in [0.15, 0.2) is 24.3 Å². The van der Waals surface area contributed by atoms with Crippen LogP contribution < -0.4 is 5.32 Å². The maximum atomic E-state index is 11.1. The zero-order valence-corrected chi connectivity index (χ0v) is 14.3. The zero-order chi connectivity index (χ0) is 15.1. The molecule has 0 aliphatic rings. The molecule has 1 aromatic carbocycles. The van der Waals surface area contributed by atoms with Gasteiger partial charge in [-0.05, 0) is 43.7 Å². The van der Waals surface area contributed by atoms with Gasteiger partial charge in [-0.1, -0.05) is 38.1 Å². The lowest BCUT2D eigenvalue weighted by Gasteiger charge is -2.20. The van der Waals surface area contributed by atoms with Gasteiger partial charge in [-0.3, -0.25) is 4.21 Å². The third-order valence-electron chi connectivity index (χ3n) is 3.50. The van der Waals surface area contributed by atoms with Gasteiger partial charge in [-0.2, -0.15) is 0 Å². The first-order chi connectivity index (χ1) is 9.38. The maximum Gasteiger partial charge on any atom is 0.0294 e. The van der Waals surface area contributed by atoms with Gasteiger partial charge in [0.25, 0.3) is 0 Å². The molecule has 0 saturated heterocycles. The molecule has 114 valence electrons. The summed E-state index contributed by atoms with van der Waals surface area (Å²) in [6.45, 7) is 8.85. The predicted molar refractivity (Wildman–Crippen MR) is 89.5 cm³/mol. The van der Waals surface area contributed by atoms with Gasteiger partial charge < -0.3 is 5.32 Å². The first kappa shape index (κ1) is 17.4. The molecular formula is C17H29NOS. The van der Waals surface area contributed by atoms with Crippen LogP contribution in [0.3, 0.4) is 0 Å². The molecule has 1 aromatic rings. The topological polar surface area (TPSA) is 29.1 Å². The van der Waals surface area contributed by atoms with E-state index < -0.39 is 10.8 Å². The normalized spacial score (nSPS) is 16.1. The molecule has 1 N–H and O–H groups in total. The largest absolute Gasteiger partial charge is 0.308 e. The summed E-state index contributed by atoms with van der Waals surface area (Å²) in [6.07, 6.45) is 3.86. The number of benzene rings is 1. The van der Waals surface area contributed by atoms with Gasteiger partial charge in [-0.25, -0.2) is 0 Å². The van der Waals surface area contributed by atoms with Gasteiger partial charge in [-0.15, -0.1) is 0 Å². The first-order valence-corrected chi connectivity index (χ1v) is 9.26. The van der Waals surface area contributed by atoms with E-state index in [0.717, 1.165) is 18.6 Å². The molecule has 0 bridgehead atoms. The molecule has 1 rings (SSSR count). The Morgan fingerprint density at radius 3 is 2.20 bits per heavy atom. The minimum atomic E-state index is -0.694. The van der Waals surface area contributed by atoms with Crippen molar-refractivity contribution in [3.63, 3.8) is 0 Å². The number of nitrogens with one attached hydrogen (secondary N) is 1. The van der Waals surface area contributed by atoms with Crippen LogP contribution in [0.1, 0.15) is 51.3 Å².